The highest BCUT2D eigenvalue weighted by Gasteiger charge is 2.12. The second-order valence-electron chi connectivity index (χ2n) is 6.01. The van der Waals surface area contributed by atoms with E-state index in [-0.39, 0.29) is 11.6 Å². The zero-order valence-corrected chi connectivity index (χ0v) is 14.6. The molecule has 0 saturated heterocycles. The molecule has 0 bridgehead atoms. The molecule has 3 aromatic heterocycles. The average Bonchev–Trinajstić information content (AvgIpc) is 3.16. The van der Waals surface area contributed by atoms with Crippen molar-refractivity contribution in [3.05, 3.63) is 76.0 Å². The van der Waals surface area contributed by atoms with Crippen molar-refractivity contribution in [1.29, 1.82) is 0 Å². The average molecular weight is 367 g/mol. The summed E-state index contributed by atoms with van der Waals surface area (Å²) in [5.41, 5.74) is 3.71. The summed E-state index contributed by atoms with van der Waals surface area (Å²) in [7, 11) is 0. The Kier molecular flexibility index (Phi) is 4.18. The molecule has 0 aliphatic rings. The van der Waals surface area contributed by atoms with Crippen LogP contribution in [-0.2, 0) is 0 Å². The molecule has 0 aliphatic heterocycles. The van der Waals surface area contributed by atoms with Gasteiger partial charge in [0.1, 0.15) is 11.9 Å². The van der Waals surface area contributed by atoms with Crippen LogP contribution in [0.1, 0.15) is 18.5 Å². The van der Waals surface area contributed by atoms with Gasteiger partial charge in [0, 0.05) is 28.4 Å². The molecule has 0 spiro atoms. The van der Waals surface area contributed by atoms with Crippen LogP contribution in [0.25, 0.3) is 22.2 Å². The lowest BCUT2D eigenvalue weighted by Gasteiger charge is -2.16. The topological polar surface area (TPSA) is 83.8 Å². The smallest absolute Gasteiger partial charge is 0.254 e. The maximum absolute atomic E-state index is 12.4. The zero-order valence-electron chi connectivity index (χ0n) is 13.9. The van der Waals surface area contributed by atoms with Crippen LogP contribution in [-0.4, -0.2) is 15.1 Å². The maximum atomic E-state index is 12.4. The number of aromatic amines is 1. The van der Waals surface area contributed by atoms with Crippen molar-refractivity contribution in [1.82, 2.24) is 15.1 Å². The Morgan fingerprint density at radius 3 is 2.88 bits per heavy atom. The minimum absolute atomic E-state index is 0.178. The highest BCUT2D eigenvalue weighted by Crippen LogP contribution is 2.25. The molecule has 4 aromatic rings. The Labute approximate surface area is 153 Å². The number of pyridine rings is 2. The van der Waals surface area contributed by atoms with Crippen LogP contribution in [0.5, 0.6) is 0 Å². The first kappa shape index (κ1) is 16.4. The second kappa shape index (κ2) is 6.65. The molecule has 7 heteroatoms. The van der Waals surface area contributed by atoms with Gasteiger partial charge in [0.15, 0.2) is 0 Å². The van der Waals surface area contributed by atoms with Crippen LogP contribution in [0, 0.1) is 0 Å². The lowest BCUT2D eigenvalue weighted by atomic mass is 10.1. The third kappa shape index (κ3) is 3.19. The summed E-state index contributed by atoms with van der Waals surface area (Å²) in [6.07, 6.45) is 4.76. The van der Waals surface area contributed by atoms with E-state index in [9.17, 15) is 4.79 Å². The van der Waals surface area contributed by atoms with Crippen LogP contribution in [0.4, 0.5) is 5.69 Å². The van der Waals surface area contributed by atoms with E-state index in [0.29, 0.717) is 16.2 Å². The molecule has 130 valence electrons. The monoisotopic (exact) mass is 366 g/mol. The third-order valence-electron chi connectivity index (χ3n) is 4.17. The summed E-state index contributed by atoms with van der Waals surface area (Å²) in [4.78, 5) is 19.4. The quantitative estimate of drug-likeness (QED) is 0.559. The number of hydrogen-bond acceptors (Lipinski definition) is 5. The van der Waals surface area contributed by atoms with Crippen molar-refractivity contribution in [2.45, 2.75) is 13.0 Å². The van der Waals surface area contributed by atoms with Crippen molar-refractivity contribution in [3.8, 4) is 11.1 Å². The lowest BCUT2D eigenvalue weighted by Crippen LogP contribution is -2.19. The minimum atomic E-state index is -0.208. The molecule has 1 atom stereocenters. The van der Waals surface area contributed by atoms with E-state index in [1.807, 2.05) is 37.3 Å². The van der Waals surface area contributed by atoms with Crippen molar-refractivity contribution < 1.29 is 4.52 Å². The standard InChI is InChI=1S/C19H15ClN4O2/c1-11(17-7-13-5-15(20)9-21-18(13)24-19(17)25)23-16-4-2-3-12(6-16)14-8-22-26-10-14/h2-11,23H,1H3,(H,21,24,25)/t11-/m0/s1. The molecule has 2 N–H and O–H groups in total. The molecule has 0 radical (unpaired) electrons. The summed E-state index contributed by atoms with van der Waals surface area (Å²) >= 11 is 6.00. The number of halogens is 1. The van der Waals surface area contributed by atoms with Crippen LogP contribution >= 0.6 is 11.6 Å². The number of fused-ring (bicyclic) bond motifs is 1. The number of anilines is 1. The molecule has 0 unspecified atom stereocenters. The molecule has 3 heterocycles. The first-order chi connectivity index (χ1) is 12.6. The molecule has 0 aliphatic carbocycles. The largest absolute Gasteiger partial charge is 0.378 e. The summed E-state index contributed by atoms with van der Waals surface area (Å²) in [6.45, 7) is 1.93. The van der Waals surface area contributed by atoms with Crippen molar-refractivity contribution in [2.24, 2.45) is 0 Å². The fraction of sp³-hybridized carbons (Fsp3) is 0.105. The van der Waals surface area contributed by atoms with Gasteiger partial charge < -0.3 is 14.8 Å². The van der Waals surface area contributed by atoms with Crippen LogP contribution in [0.15, 0.2) is 64.4 Å². The lowest BCUT2D eigenvalue weighted by molar-refractivity contribution is 0.420. The number of H-pyrrole nitrogens is 1. The Hall–Kier alpha value is -3.12. The Balaban J connectivity index is 1.65. The summed E-state index contributed by atoms with van der Waals surface area (Å²) in [5, 5.41) is 8.40. The van der Waals surface area contributed by atoms with E-state index in [1.54, 1.807) is 18.5 Å². The maximum Gasteiger partial charge on any atom is 0.254 e. The summed E-state index contributed by atoms with van der Waals surface area (Å²) in [5.74, 6) is 0. The van der Waals surface area contributed by atoms with Gasteiger partial charge in [-0.05, 0) is 36.8 Å². The fourth-order valence-electron chi connectivity index (χ4n) is 2.87. The van der Waals surface area contributed by atoms with Gasteiger partial charge in [-0.2, -0.15) is 0 Å². The van der Waals surface area contributed by atoms with Gasteiger partial charge >= 0.3 is 0 Å². The molecule has 26 heavy (non-hydrogen) atoms. The molecule has 1 aromatic carbocycles. The molecule has 0 amide bonds. The van der Waals surface area contributed by atoms with E-state index < -0.39 is 0 Å². The van der Waals surface area contributed by atoms with E-state index in [4.69, 9.17) is 16.1 Å². The SMILES string of the molecule is C[C@H](Nc1cccc(-c2cnoc2)c1)c1cc2cc(Cl)cnc2[nH]c1=O. The van der Waals surface area contributed by atoms with E-state index in [0.717, 1.165) is 22.2 Å². The summed E-state index contributed by atoms with van der Waals surface area (Å²) < 4.78 is 4.89. The van der Waals surface area contributed by atoms with E-state index >= 15 is 0 Å². The Bertz CT molecular complexity index is 1120. The number of nitrogens with one attached hydrogen (secondary N) is 2. The summed E-state index contributed by atoms with van der Waals surface area (Å²) in [6, 6.07) is 11.2. The first-order valence-corrected chi connectivity index (χ1v) is 8.43. The van der Waals surface area contributed by atoms with Crippen molar-refractivity contribution in [2.75, 3.05) is 5.32 Å². The van der Waals surface area contributed by atoms with Crippen molar-refractivity contribution >= 4 is 28.3 Å². The Morgan fingerprint density at radius 1 is 1.19 bits per heavy atom. The van der Waals surface area contributed by atoms with Gasteiger partial charge in [-0.1, -0.05) is 28.9 Å². The number of hydrogen-bond donors (Lipinski definition) is 2. The first-order valence-electron chi connectivity index (χ1n) is 8.05. The molecule has 4 rings (SSSR count). The van der Waals surface area contributed by atoms with E-state index in [2.05, 4.69) is 20.4 Å². The zero-order chi connectivity index (χ0) is 18.1. The van der Waals surface area contributed by atoms with Gasteiger partial charge in [-0.25, -0.2) is 4.98 Å². The highest BCUT2D eigenvalue weighted by molar-refractivity contribution is 6.31. The van der Waals surface area contributed by atoms with Gasteiger partial charge in [-0.15, -0.1) is 0 Å². The minimum Gasteiger partial charge on any atom is -0.378 e. The van der Waals surface area contributed by atoms with Gasteiger partial charge in [0.05, 0.1) is 17.3 Å². The molecule has 0 fully saturated rings. The van der Waals surface area contributed by atoms with E-state index in [1.165, 1.54) is 6.20 Å². The molecule has 6 nitrogen and oxygen atoms in total. The molecular formula is C19H15ClN4O2. The number of nitrogens with zero attached hydrogens (tertiary/aromatic N) is 2. The predicted octanol–water partition coefficient (Wildman–Crippen LogP) is 4.40. The van der Waals surface area contributed by atoms with Gasteiger partial charge in [0.2, 0.25) is 0 Å². The third-order valence-corrected chi connectivity index (χ3v) is 4.37. The van der Waals surface area contributed by atoms with Crippen LogP contribution in [0.3, 0.4) is 0 Å². The Morgan fingerprint density at radius 2 is 2.08 bits per heavy atom. The van der Waals surface area contributed by atoms with Crippen LogP contribution < -0.4 is 10.9 Å². The number of benzene rings is 1. The molecular weight excluding hydrogens is 352 g/mol. The number of rotatable bonds is 4. The fourth-order valence-corrected chi connectivity index (χ4v) is 3.03. The predicted molar refractivity (Wildman–Crippen MR) is 101 cm³/mol. The normalized spacial score (nSPS) is 12.2. The highest BCUT2D eigenvalue weighted by atomic mass is 35.5. The van der Waals surface area contributed by atoms with Crippen molar-refractivity contribution in [3.63, 3.8) is 0 Å². The van der Waals surface area contributed by atoms with Gasteiger partial charge in [0.25, 0.3) is 5.56 Å². The van der Waals surface area contributed by atoms with Gasteiger partial charge in [-0.3, -0.25) is 4.79 Å². The molecule has 0 saturated carbocycles. The number of aromatic nitrogens is 3. The second-order valence-corrected chi connectivity index (χ2v) is 6.44. The van der Waals surface area contributed by atoms with Crippen LogP contribution in [0.2, 0.25) is 5.02 Å².